The van der Waals surface area contributed by atoms with Crippen molar-refractivity contribution in [1.82, 2.24) is 10.2 Å². The second-order valence-electron chi connectivity index (χ2n) is 5.17. The number of hydrogen-bond acceptors (Lipinski definition) is 3. The van der Waals surface area contributed by atoms with Gasteiger partial charge in [0.2, 0.25) is 5.91 Å². The highest BCUT2D eigenvalue weighted by atomic mass is 16.2. The summed E-state index contributed by atoms with van der Waals surface area (Å²) < 4.78 is 0. The molecule has 0 heterocycles. The van der Waals surface area contributed by atoms with Crippen LogP contribution in [0.5, 0.6) is 0 Å². The lowest BCUT2D eigenvalue weighted by atomic mass is 10.2. The lowest BCUT2D eigenvalue weighted by Gasteiger charge is -2.17. The topological polar surface area (TPSA) is 61.4 Å². The summed E-state index contributed by atoms with van der Waals surface area (Å²) in [6, 6.07) is 7.06. The van der Waals surface area contributed by atoms with E-state index in [0.29, 0.717) is 12.1 Å². The minimum Gasteiger partial charge on any atom is -0.340 e. The SMILES string of the molecule is CNCCN(C)C(=O)c1ccc(NC(=O)C2CC2)cc1. The Balaban J connectivity index is 1.92. The number of benzene rings is 1. The van der Waals surface area contributed by atoms with Crippen molar-refractivity contribution in [2.24, 2.45) is 5.92 Å². The van der Waals surface area contributed by atoms with Crippen LogP contribution in [-0.4, -0.2) is 43.9 Å². The standard InChI is InChI=1S/C15H21N3O2/c1-16-9-10-18(2)15(20)12-5-7-13(8-6-12)17-14(19)11-3-4-11/h5-8,11,16H,3-4,9-10H2,1-2H3,(H,17,19). The van der Waals surface area contributed by atoms with E-state index >= 15 is 0 Å². The van der Waals surface area contributed by atoms with Gasteiger partial charge in [-0.1, -0.05) is 0 Å². The molecule has 0 radical (unpaired) electrons. The van der Waals surface area contributed by atoms with Gasteiger partial charge >= 0.3 is 0 Å². The molecule has 2 amide bonds. The number of anilines is 1. The van der Waals surface area contributed by atoms with Crippen LogP contribution >= 0.6 is 0 Å². The Kier molecular flexibility index (Phi) is 4.74. The average molecular weight is 275 g/mol. The van der Waals surface area contributed by atoms with E-state index in [1.54, 1.807) is 36.2 Å². The third-order valence-corrected chi connectivity index (χ3v) is 3.39. The Morgan fingerprint density at radius 1 is 1.25 bits per heavy atom. The summed E-state index contributed by atoms with van der Waals surface area (Å²) in [4.78, 5) is 25.4. The normalized spacial score (nSPS) is 13.9. The maximum absolute atomic E-state index is 12.1. The van der Waals surface area contributed by atoms with Crippen LogP contribution in [0, 0.1) is 5.92 Å². The number of hydrogen-bond donors (Lipinski definition) is 2. The Morgan fingerprint density at radius 2 is 1.90 bits per heavy atom. The molecule has 0 atom stereocenters. The first-order chi connectivity index (χ1) is 9.61. The highest BCUT2D eigenvalue weighted by molar-refractivity contribution is 5.96. The summed E-state index contributed by atoms with van der Waals surface area (Å²) in [6.07, 6.45) is 1.97. The maximum atomic E-state index is 12.1. The predicted octanol–water partition coefficient (Wildman–Crippen LogP) is 1.33. The van der Waals surface area contributed by atoms with Crippen molar-refractivity contribution in [2.75, 3.05) is 32.5 Å². The summed E-state index contributed by atoms with van der Waals surface area (Å²) >= 11 is 0. The lowest BCUT2D eigenvalue weighted by Crippen LogP contribution is -2.32. The molecule has 1 aromatic carbocycles. The fourth-order valence-corrected chi connectivity index (χ4v) is 1.89. The van der Waals surface area contributed by atoms with Gasteiger partial charge in [-0.2, -0.15) is 0 Å². The van der Waals surface area contributed by atoms with Crippen molar-refractivity contribution in [1.29, 1.82) is 0 Å². The molecular formula is C15H21N3O2. The average Bonchev–Trinajstić information content (AvgIpc) is 3.29. The molecule has 1 saturated carbocycles. The molecule has 0 aliphatic heterocycles. The van der Waals surface area contributed by atoms with E-state index < -0.39 is 0 Å². The van der Waals surface area contributed by atoms with Gasteiger partial charge in [-0.25, -0.2) is 0 Å². The van der Waals surface area contributed by atoms with Crippen LogP contribution in [0.1, 0.15) is 23.2 Å². The Labute approximate surface area is 119 Å². The molecule has 0 spiro atoms. The zero-order valence-corrected chi connectivity index (χ0v) is 12.0. The Morgan fingerprint density at radius 3 is 2.45 bits per heavy atom. The number of amides is 2. The van der Waals surface area contributed by atoms with E-state index in [1.165, 1.54) is 0 Å². The van der Waals surface area contributed by atoms with Crippen molar-refractivity contribution in [3.63, 3.8) is 0 Å². The minimum atomic E-state index is -0.0136. The first kappa shape index (κ1) is 14.5. The fourth-order valence-electron chi connectivity index (χ4n) is 1.89. The van der Waals surface area contributed by atoms with E-state index in [-0.39, 0.29) is 17.7 Å². The summed E-state index contributed by atoms with van der Waals surface area (Å²) in [6.45, 7) is 1.42. The number of nitrogens with zero attached hydrogens (tertiary/aromatic N) is 1. The number of rotatable bonds is 6. The number of carbonyl (C=O) groups excluding carboxylic acids is 2. The molecule has 5 heteroatoms. The van der Waals surface area contributed by atoms with Crippen molar-refractivity contribution < 1.29 is 9.59 Å². The molecule has 1 aliphatic rings. The van der Waals surface area contributed by atoms with Crippen LogP contribution in [0.3, 0.4) is 0 Å². The van der Waals surface area contributed by atoms with Crippen LogP contribution in [-0.2, 0) is 4.79 Å². The summed E-state index contributed by atoms with van der Waals surface area (Å²) in [5.74, 6) is 0.250. The van der Waals surface area contributed by atoms with Gasteiger partial charge in [0.25, 0.3) is 5.91 Å². The smallest absolute Gasteiger partial charge is 0.253 e. The first-order valence-electron chi connectivity index (χ1n) is 6.93. The molecule has 0 bridgehead atoms. The van der Waals surface area contributed by atoms with Crippen molar-refractivity contribution in [3.8, 4) is 0 Å². The maximum Gasteiger partial charge on any atom is 0.253 e. The Hall–Kier alpha value is -1.88. The van der Waals surface area contributed by atoms with Crippen molar-refractivity contribution in [3.05, 3.63) is 29.8 Å². The van der Waals surface area contributed by atoms with Gasteiger partial charge in [0.15, 0.2) is 0 Å². The first-order valence-corrected chi connectivity index (χ1v) is 6.93. The molecule has 1 fully saturated rings. The van der Waals surface area contributed by atoms with Gasteiger partial charge in [-0.05, 0) is 44.2 Å². The van der Waals surface area contributed by atoms with Crippen molar-refractivity contribution in [2.45, 2.75) is 12.8 Å². The van der Waals surface area contributed by atoms with Crippen LogP contribution < -0.4 is 10.6 Å². The van der Waals surface area contributed by atoms with Gasteiger partial charge in [0.05, 0.1) is 0 Å². The monoisotopic (exact) mass is 275 g/mol. The van der Waals surface area contributed by atoms with E-state index in [9.17, 15) is 9.59 Å². The lowest BCUT2D eigenvalue weighted by molar-refractivity contribution is -0.117. The van der Waals surface area contributed by atoms with Gasteiger partial charge in [-0.3, -0.25) is 9.59 Å². The van der Waals surface area contributed by atoms with Crippen LogP contribution in [0.2, 0.25) is 0 Å². The summed E-state index contributed by atoms with van der Waals surface area (Å²) in [5.41, 5.74) is 1.38. The third kappa shape index (κ3) is 3.81. The molecule has 5 nitrogen and oxygen atoms in total. The molecule has 2 N–H and O–H groups in total. The second-order valence-corrected chi connectivity index (χ2v) is 5.17. The summed E-state index contributed by atoms with van der Waals surface area (Å²) in [7, 11) is 3.64. The van der Waals surface area contributed by atoms with Gasteiger partial charge in [-0.15, -0.1) is 0 Å². The largest absolute Gasteiger partial charge is 0.340 e. The predicted molar refractivity (Wildman–Crippen MR) is 78.7 cm³/mol. The minimum absolute atomic E-state index is 0.0136. The highest BCUT2D eigenvalue weighted by Crippen LogP contribution is 2.30. The quantitative estimate of drug-likeness (QED) is 0.823. The number of likely N-dealkylation sites (N-methyl/N-ethyl adjacent to an activating group) is 2. The second kappa shape index (κ2) is 6.52. The molecule has 0 aromatic heterocycles. The Bertz CT molecular complexity index is 480. The molecule has 108 valence electrons. The zero-order valence-electron chi connectivity index (χ0n) is 12.0. The third-order valence-electron chi connectivity index (χ3n) is 3.39. The van der Waals surface area contributed by atoms with Crippen LogP contribution in [0.4, 0.5) is 5.69 Å². The van der Waals surface area contributed by atoms with E-state index in [1.807, 2.05) is 7.05 Å². The van der Waals surface area contributed by atoms with E-state index in [4.69, 9.17) is 0 Å². The molecule has 1 aliphatic carbocycles. The summed E-state index contributed by atoms with van der Waals surface area (Å²) in [5, 5.41) is 5.87. The van der Waals surface area contributed by atoms with Crippen LogP contribution in [0.25, 0.3) is 0 Å². The van der Waals surface area contributed by atoms with E-state index in [0.717, 1.165) is 25.1 Å². The fraction of sp³-hybridized carbons (Fsp3) is 0.467. The van der Waals surface area contributed by atoms with Gasteiger partial charge in [0.1, 0.15) is 0 Å². The molecular weight excluding hydrogens is 254 g/mol. The molecule has 0 saturated heterocycles. The molecule has 2 rings (SSSR count). The van der Waals surface area contributed by atoms with Crippen molar-refractivity contribution >= 4 is 17.5 Å². The number of carbonyl (C=O) groups is 2. The molecule has 20 heavy (non-hydrogen) atoms. The highest BCUT2D eigenvalue weighted by Gasteiger charge is 2.29. The van der Waals surface area contributed by atoms with E-state index in [2.05, 4.69) is 10.6 Å². The molecule has 0 unspecified atom stereocenters. The zero-order chi connectivity index (χ0) is 14.5. The van der Waals surface area contributed by atoms with Gasteiger partial charge < -0.3 is 15.5 Å². The molecule has 1 aromatic rings. The number of nitrogens with one attached hydrogen (secondary N) is 2. The van der Waals surface area contributed by atoms with Crippen LogP contribution in [0.15, 0.2) is 24.3 Å². The van der Waals surface area contributed by atoms with Gasteiger partial charge in [0, 0.05) is 37.3 Å².